The van der Waals surface area contributed by atoms with Crippen LogP contribution in [0.15, 0.2) is 18.2 Å². The van der Waals surface area contributed by atoms with Crippen LogP contribution in [0.2, 0.25) is 0 Å². The fourth-order valence-electron chi connectivity index (χ4n) is 2.25. The van der Waals surface area contributed by atoms with Crippen molar-refractivity contribution in [2.24, 2.45) is 0 Å². The topological polar surface area (TPSA) is 60.8 Å². The maximum absolute atomic E-state index is 12.6. The fraction of sp³-hybridized carbons (Fsp3) is 0.471. The predicted octanol–water partition coefficient (Wildman–Crippen LogP) is 1.33. The van der Waals surface area contributed by atoms with Crippen LogP contribution in [0, 0.1) is 18.8 Å². The molecule has 0 spiro atoms. The molecule has 0 heterocycles. The molecule has 4 nitrogen and oxygen atoms in total. The average molecular weight is 287 g/mol. The lowest BCUT2D eigenvalue weighted by atomic mass is 10.0. The molecule has 1 fully saturated rings. The second kappa shape index (κ2) is 7.26. The van der Waals surface area contributed by atoms with Gasteiger partial charge in [0.05, 0.1) is 13.2 Å². The van der Waals surface area contributed by atoms with Gasteiger partial charge in [-0.2, -0.15) is 0 Å². The lowest BCUT2D eigenvalue weighted by Gasteiger charge is -2.22. The molecule has 112 valence electrons. The smallest absolute Gasteiger partial charge is 0.254 e. The summed E-state index contributed by atoms with van der Waals surface area (Å²) >= 11 is 0. The van der Waals surface area contributed by atoms with E-state index < -0.39 is 0 Å². The Morgan fingerprint density at radius 2 is 2.10 bits per heavy atom. The first-order chi connectivity index (χ1) is 10.2. The van der Waals surface area contributed by atoms with Crippen LogP contribution in [-0.4, -0.2) is 46.8 Å². The zero-order valence-corrected chi connectivity index (χ0v) is 12.3. The number of hydrogen-bond acceptors (Lipinski definition) is 3. The van der Waals surface area contributed by atoms with Crippen molar-refractivity contribution >= 4 is 5.91 Å². The predicted molar refractivity (Wildman–Crippen MR) is 80.9 cm³/mol. The third-order valence-corrected chi connectivity index (χ3v) is 3.53. The largest absolute Gasteiger partial charge is 0.395 e. The Kier molecular flexibility index (Phi) is 5.38. The summed E-state index contributed by atoms with van der Waals surface area (Å²) in [6, 6.07) is 5.84. The van der Waals surface area contributed by atoms with Gasteiger partial charge in [0.15, 0.2) is 0 Å². The molecule has 1 aromatic carbocycles. The summed E-state index contributed by atoms with van der Waals surface area (Å²) in [5.74, 6) is 5.78. The van der Waals surface area contributed by atoms with Gasteiger partial charge >= 0.3 is 0 Å². The van der Waals surface area contributed by atoms with E-state index in [0.717, 1.165) is 24.0 Å². The van der Waals surface area contributed by atoms with E-state index in [0.29, 0.717) is 18.5 Å². The van der Waals surface area contributed by atoms with Crippen LogP contribution >= 0.6 is 0 Å². The van der Waals surface area contributed by atoms with Crippen molar-refractivity contribution in [3.05, 3.63) is 34.9 Å². The van der Waals surface area contributed by atoms with Gasteiger partial charge in [-0.25, -0.2) is 0 Å². The number of aliphatic hydroxyl groups is 2. The lowest BCUT2D eigenvalue weighted by Crippen LogP contribution is -2.35. The Hall–Kier alpha value is -1.83. The van der Waals surface area contributed by atoms with Crippen molar-refractivity contribution in [2.75, 3.05) is 19.8 Å². The molecule has 0 atom stereocenters. The second-order valence-electron chi connectivity index (χ2n) is 5.26. The molecule has 0 unspecified atom stereocenters. The summed E-state index contributed by atoms with van der Waals surface area (Å²) in [6.07, 6.45) is 2.46. The monoisotopic (exact) mass is 287 g/mol. The second-order valence-corrected chi connectivity index (χ2v) is 5.26. The van der Waals surface area contributed by atoms with Crippen LogP contribution in [0.4, 0.5) is 0 Å². The Morgan fingerprint density at radius 3 is 2.71 bits per heavy atom. The minimum absolute atomic E-state index is 0.0166. The Bertz CT molecular complexity index is 567. The van der Waals surface area contributed by atoms with E-state index >= 15 is 0 Å². The van der Waals surface area contributed by atoms with Gasteiger partial charge in [0, 0.05) is 30.1 Å². The molecule has 1 amide bonds. The van der Waals surface area contributed by atoms with Crippen molar-refractivity contribution in [3.8, 4) is 11.8 Å². The van der Waals surface area contributed by atoms with Gasteiger partial charge in [-0.1, -0.05) is 17.9 Å². The standard InChI is InChI=1S/C17H21NO3/c1-13-5-6-14(4-2-3-10-19)12-16(13)17(21)18(9-11-20)15-7-8-15/h5-6,12,15,19-20H,3,7-11H2,1H3. The molecular formula is C17H21NO3. The number of aryl methyl sites for hydroxylation is 1. The minimum atomic E-state index is -0.0325. The summed E-state index contributed by atoms with van der Waals surface area (Å²) in [6.45, 7) is 2.30. The van der Waals surface area contributed by atoms with Crippen molar-refractivity contribution in [2.45, 2.75) is 32.2 Å². The molecule has 0 bridgehead atoms. The number of hydrogen-bond donors (Lipinski definition) is 2. The Balaban J connectivity index is 2.23. The third kappa shape index (κ3) is 4.07. The zero-order valence-electron chi connectivity index (χ0n) is 12.3. The van der Waals surface area contributed by atoms with Gasteiger partial charge < -0.3 is 15.1 Å². The van der Waals surface area contributed by atoms with Crippen molar-refractivity contribution in [1.82, 2.24) is 4.90 Å². The van der Waals surface area contributed by atoms with Gasteiger partial charge in [0.25, 0.3) is 5.91 Å². The first-order valence-corrected chi connectivity index (χ1v) is 7.29. The number of carbonyl (C=O) groups excluding carboxylic acids is 1. The third-order valence-electron chi connectivity index (χ3n) is 3.53. The van der Waals surface area contributed by atoms with Crippen molar-refractivity contribution < 1.29 is 15.0 Å². The molecule has 1 aliphatic rings. The van der Waals surface area contributed by atoms with Crippen LogP contribution in [0.3, 0.4) is 0 Å². The van der Waals surface area contributed by atoms with E-state index in [2.05, 4.69) is 11.8 Å². The van der Waals surface area contributed by atoms with Gasteiger partial charge in [0.2, 0.25) is 0 Å². The molecule has 21 heavy (non-hydrogen) atoms. The molecule has 4 heteroatoms. The van der Waals surface area contributed by atoms with Crippen LogP contribution in [-0.2, 0) is 0 Å². The minimum Gasteiger partial charge on any atom is -0.395 e. The van der Waals surface area contributed by atoms with Gasteiger partial charge in [0.1, 0.15) is 0 Å². The number of aliphatic hydroxyl groups excluding tert-OH is 2. The molecule has 1 aliphatic carbocycles. The highest BCUT2D eigenvalue weighted by molar-refractivity contribution is 5.96. The summed E-state index contributed by atoms with van der Waals surface area (Å²) in [4.78, 5) is 14.4. The van der Waals surface area contributed by atoms with E-state index in [1.807, 2.05) is 19.1 Å². The highest BCUT2D eigenvalue weighted by atomic mass is 16.3. The van der Waals surface area contributed by atoms with Crippen molar-refractivity contribution in [1.29, 1.82) is 0 Å². The van der Waals surface area contributed by atoms with Crippen LogP contribution < -0.4 is 0 Å². The van der Waals surface area contributed by atoms with Gasteiger partial charge in [-0.15, -0.1) is 0 Å². The number of carbonyl (C=O) groups is 1. The lowest BCUT2D eigenvalue weighted by molar-refractivity contribution is 0.0707. The summed E-state index contributed by atoms with van der Waals surface area (Å²) in [7, 11) is 0. The molecule has 0 aromatic heterocycles. The maximum Gasteiger partial charge on any atom is 0.254 e. The van der Waals surface area contributed by atoms with E-state index in [1.54, 1.807) is 11.0 Å². The molecule has 1 saturated carbocycles. The molecule has 0 radical (unpaired) electrons. The van der Waals surface area contributed by atoms with E-state index in [1.165, 1.54) is 0 Å². The molecule has 2 rings (SSSR count). The number of nitrogens with zero attached hydrogens (tertiary/aromatic N) is 1. The Labute approximate surface area is 125 Å². The summed E-state index contributed by atoms with van der Waals surface area (Å²) < 4.78 is 0. The Morgan fingerprint density at radius 1 is 1.33 bits per heavy atom. The van der Waals surface area contributed by atoms with E-state index in [9.17, 15) is 4.79 Å². The average Bonchev–Trinajstić information content (AvgIpc) is 3.30. The normalized spacial score (nSPS) is 13.5. The molecule has 0 saturated heterocycles. The molecule has 2 N–H and O–H groups in total. The van der Waals surface area contributed by atoms with Gasteiger partial charge in [-0.3, -0.25) is 4.79 Å². The highest BCUT2D eigenvalue weighted by Gasteiger charge is 2.33. The van der Waals surface area contributed by atoms with Gasteiger partial charge in [-0.05, 0) is 37.5 Å². The first-order valence-electron chi connectivity index (χ1n) is 7.29. The number of rotatable bonds is 5. The van der Waals surface area contributed by atoms with Crippen molar-refractivity contribution in [3.63, 3.8) is 0 Å². The molecule has 1 aromatic rings. The fourth-order valence-corrected chi connectivity index (χ4v) is 2.25. The van der Waals surface area contributed by atoms with E-state index in [4.69, 9.17) is 10.2 Å². The summed E-state index contributed by atoms with van der Waals surface area (Å²) in [5.41, 5.74) is 2.33. The zero-order chi connectivity index (χ0) is 15.2. The maximum atomic E-state index is 12.6. The molecular weight excluding hydrogens is 266 g/mol. The van der Waals surface area contributed by atoms with Crippen LogP contribution in [0.25, 0.3) is 0 Å². The summed E-state index contributed by atoms with van der Waals surface area (Å²) in [5, 5.41) is 17.9. The first kappa shape index (κ1) is 15.6. The van der Waals surface area contributed by atoms with Crippen LogP contribution in [0.5, 0.6) is 0 Å². The highest BCUT2D eigenvalue weighted by Crippen LogP contribution is 2.28. The molecule has 0 aliphatic heterocycles. The van der Waals surface area contributed by atoms with Crippen LogP contribution in [0.1, 0.15) is 40.7 Å². The SMILES string of the molecule is Cc1ccc(C#CCCO)cc1C(=O)N(CCO)C1CC1. The number of amides is 1. The van der Waals surface area contributed by atoms with E-state index in [-0.39, 0.29) is 25.2 Å². The quantitative estimate of drug-likeness (QED) is 0.803. The number of benzene rings is 1.